The molecule has 142 valence electrons. The molecule has 1 rings (SSSR count). The standard InChI is InChI=1S/C21H33FO3/c1-2-3-4-5-6-7-8-9-10-11-12-13-16-25-20-15-14-18(21(23)24)17-19(20)22/h14-15,17H,2-13,16H2,1H3,(H,23,24). The Morgan fingerprint density at radius 1 is 0.920 bits per heavy atom. The normalized spacial score (nSPS) is 10.8. The number of carboxylic acid groups (broad SMARTS) is 1. The van der Waals surface area contributed by atoms with Crippen molar-refractivity contribution in [1.29, 1.82) is 0 Å². The van der Waals surface area contributed by atoms with Gasteiger partial charge in [0.25, 0.3) is 0 Å². The molecule has 0 atom stereocenters. The first kappa shape index (κ1) is 21.5. The van der Waals surface area contributed by atoms with Crippen LogP contribution >= 0.6 is 0 Å². The molecule has 0 spiro atoms. The van der Waals surface area contributed by atoms with Gasteiger partial charge >= 0.3 is 5.97 Å². The molecule has 0 aliphatic rings. The van der Waals surface area contributed by atoms with E-state index in [9.17, 15) is 9.18 Å². The lowest BCUT2D eigenvalue weighted by Gasteiger charge is -2.08. The van der Waals surface area contributed by atoms with Gasteiger partial charge < -0.3 is 9.84 Å². The summed E-state index contributed by atoms with van der Waals surface area (Å²) in [5.74, 6) is -1.61. The molecule has 1 N–H and O–H groups in total. The number of hydrogen-bond acceptors (Lipinski definition) is 2. The molecule has 25 heavy (non-hydrogen) atoms. The topological polar surface area (TPSA) is 46.5 Å². The van der Waals surface area contributed by atoms with E-state index in [0.717, 1.165) is 18.9 Å². The van der Waals surface area contributed by atoms with Crippen molar-refractivity contribution < 1.29 is 19.0 Å². The van der Waals surface area contributed by atoms with Crippen molar-refractivity contribution in [2.75, 3.05) is 6.61 Å². The maximum Gasteiger partial charge on any atom is 0.335 e. The first-order valence-corrected chi connectivity index (χ1v) is 9.80. The number of benzene rings is 1. The van der Waals surface area contributed by atoms with Crippen molar-refractivity contribution in [2.45, 2.75) is 84.0 Å². The minimum atomic E-state index is -1.13. The Balaban J connectivity index is 1.96. The van der Waals surface area contributed by atoms with E-state index in [0.29, 0.717) is 6.61 Å². The van der Waals surface area contributed by atoms with Gasteiger partial charge in [0.2, 0.25) is 0 Å². The van der Waals surface area contributed by atoms with Crippen LogP contribution < -0.4 is 4.74 Å². The van der Waals surface area contributed by atoms with Gasteiger partial charge in [0.1, 0.15) is 0 Å². The van der Waals surface area contributed by atoms with E-state index < -0.39 is 11.8 Å². The van der Waals surface area contributed by atoms with Gasteiger partial charge in [-0.3, -0.25) is 0 Å². The first-order valence-electron chi connectivity index (χ1n) is 9.80. The smallest absolute Gasteiger partial charge is 0.335 e. The predicted molar refractivity (Wildman–Crippen MR) is 99.9 cm³/mol. The van der Waals surface area contributed by atoms with Crippen LogP contribution in [0, 0.1) is 5.82 Å². The summed E-state index contributed by atoms with van der Waals surface area (Å²) in [6.45, 7) is 2.72. The molecule has 0 saturated carbocycles. The molecule has 0 heterocycles. The summed E-state index contributed by atoms with van der Waals surface area (Å²) in [5.41, 5.74) is -0.0600. The molecule has 0 radical (unpaired) electrons. The van der Waals surface area contributed by atoms with Crippen LogP contribution in [0.1, 0.15) is 94.3 Å². The van der Waals surface area contributed by atoms with E-state index >= 15 is 0 Å². The van der Waals surface area contributed by atoms with Crippen LogP contribution in [0.2, 0.25) is 0 Å². The number of halogens is 1. The molecule has 0 unspecified atom stereocenters. The predicted octanol–water partition coefficient (Wildman–Crippen LogP) is 6.60. The van der Waals surface area contributed by atoms with Crippen molar-refractivity contribution in [1.82, 2.24) is 0 Å². The van der Waals surface area contributed by atoms with Crippen LogP contribution in [0.3, 0.4) is 0 Å². The number of carboxylic acids is 1. The zero-order valence-corrected chi connectivity index (χ0v) is 15.6. The van der Waals surface area contributed by atoms with Gasteiger partial charge in [-0.15, -0.1) is 0 Å². The Bertz CT molecular complexity index is 488. The van der Waals surface area contributed by atoms with Gasteiger partial charge in [-0.05, 0) is 24.6 Å². The fraction of sp³-hybridized carbons (Fsp3) is 0.667. The number of unbranched alkanes of at least 4 members (excludes halogenated alkanes) is 11. The molecule has 0 aliphatic carbocycles. The van der Waals surface area contributed by atoms with Crippen molar-refractivity contribution in [3.63, 3.8) is 0 Å². The maximum absolute atomic E-state index is 13.7. The molecule has 0 aromatic heterocycles. The molecule has 4 heteroatoms. The zero-order valence-electron chi connectivity index (χ0n) is 15.6. The quantitative estimate of drug-likeness (QED) is 0.362. The van der Waals surface area contributed by atoms with Crippen molar-refractivity contribution in [3.8, 4) is 5.75 Å². The largest absolute Gasteiger partial charge is 0.491 e. The number of carbonyl (C=O) groups is 1. The molecular weight excluding hydrogens is 319 g/mol. The Hall–Kier alpha value is -1.58. The Morgan fingerprint density at radius 3 is 1.92 bits per heavy atom. The highest BCUT2D eigenvalue weighted by atomic mass is 19.1. The molecule has 0 saturated heterocycles. The summed E-state index contributed by atoms with van der Waals surface area (Å²) in [5, 5.41) is 8.79. The Kier molecular flexibility index (Phi) is 11.7. The highest BCUT2D eigenvalue weighted by molar-refractivity contribution is 5.87. The van der Waals surface area contributed by atoms with Crippen LogP contribution in [0.4, 0.5) is 4.39 Å². The van der Waals surface area contributed by atoms with Gasteiger partial charge in [0, 0.05) is 0 Å². The minimum Gasteiger partial charge on any atom is -0.491 e. The number of hydrogen-bond donors (Lipinski definition) is 1. The lowest BCUT2D eigenvalue weighted by Crippen LogP contribution is -2.02. The SMILES string of the molecule is CCCCCCCCCCCCCCOc1ccc(C(=O)O)cc1F. The fourth-order valence-corrected chi connectivity index (χ4v) is 2.88. The summed E-state index contributed by atoms with van der Waals surface area (Å²) < 4.78 is 19.1. The monoisotopic (exact) mass is 352 g/mol. The van der Waals surface area contributed by atoms with Crippen molar-refractivity contribution >= 4 is 5.97 Å². The molecular formula is C21H33FO3. The van der Waals surface area contributed by atoms with E-state index in [4.69, 9.17) is 9.84 Å². The minimum absolute atomic E-state index is 0.0600. The fourth-order valence-electron chi connectivity index (χ4n) is 2.88. The molecule has 0 aliphatic heterocycles. The molecule has 3 nitrogen and oxygen atoms in total. The highest BCUT2D eigenvalue weighted by Gasteiger charge is 2.08. The third-order valence-corrected chi connectivity index (χ3v) is 4.43. The molecule has 0 amide bonds. The summed E-state index contributed by atoms with van der Waals surface area (Å²) in [4.78, 5) is 10.7. The van der Waals surface area contributed by atoms with E-state index in [1.54, 1.807) is 0 Å². The summed E-state index contributed by atoms with van der Waals surface area (Å²) in [6.07, 6.45) is 15.3. The van der Waals surface area contributed by atoms with E-state index in [-0.39, 0.29) is 11.3 Å². The second-order valence-corrected chi connectivity index (χ2v) is 6.69. The molecule has 0 fully saturated rings. The number of rotatable bonds is 15. The van der Waals surface area contributed by atoms with Crippen LogP contribution in [-0.2, 0) is 0 Å². The summed E-state index contributed by atoms with van der Waals surface area (Å²) in [7, 11) is 0. The van der Waals surface area contributed by atoms with Crippen LogP contribution in [0.25, 0.3) is 0 Å². The maximum atomic E-state index is 13.7. The van der Waals surface area contributed by atoms with E-state index in [1.807, 2.05) is 0 Å². The zero-order chi connectivity index (χ0) is 18.3. The third kappa shape index (κ3) is 10.1. The number of aromatic carboxylic acids is 1. The van der Waals surface area contributed by atoms with Gasteiger partial charge in [-0.1, -0.05) is 77.6 Å². The summed E-state index contributed by atoms with van der Waals surface area (Å²) >= 11 is 0. The number of ether oxygens (including phenoxy) is 1. The summed E-state index contributed by atoms with van der Waals surface area (Å²) in [6, 6.07) is 3.75. The van der Waals surface area contributed by atoms with Gasteiger partial charge in [-0.2, -0.15) is 0 Å². The van der Waals surface area contributed by atoms with Crippen LogP contribution in [-0.4, -0.2) is 17.7 Å². The molecule has 0 bridgehead atoms. The average molecular weight is 352 g/mol. The lowest BCUT2D eigenvalue weighted by atomic mass is 10.1. The highest BCUT2D eigenvalue weighted by Crippen LogP contribution is 2.19. The first-order chi connectivity index (χ1) is 12.1. The van der Waals surface area contributed by atoms with Crippen LogP contribution in [0.5, 0.6) is 5.75 Å². The van der Waals surface area contributed by atoms with Crippen LogP contribution in [0.15, 0.2) is 18.2 Å². The molecule has 1 aromatic rings. The Morgan fingerprint density at radius 2 is 1.44 bits per heavy atom. The lowest BCUT2D eigenvalue weighted by molar-refractivity contribution is 0.0696. The van der Waals surface area contributed by atoms with Gasteiger partial charge in [-0.25, -0.2) is 9.18 Å². The van der Waals surface area contributed by atoms with Crippen molar-refractivity contribution in [2.24, 2.45) is 0 Å². The Labute approximate surface area is 151 Å². The second kappa shape index (κ2) is 13.7. The van der Waals surface area contributed by atoms with Gasteiger partial charge in [0.05, 0.1) is 12.2 Å². The van der Waals surface area contributed by atoms with E-state index in [1.165, 1.54) is 76.3 Å². The van der Waals surface area contributed by atoms with E-state index in [2.05, 4.69) is 6.92 Å². The van der Waals surface area contributed by atoms with Crippen molar-refractivity contribution in [3.05, 3.63) is 29.6 Å². The third-order valence-electron chi connectivity index (χ3n) is 4.43. The van der Waals surface area contributed by atoms with Gasteiger partial charge in [0.15, 0.2) is 11.6 Å². The average Bonchev–Trinajstić information content (AvgIpc) is 2.60. The second-order valence-electron chi connectivity index (χ2n) is 6.69. The molecule has 1 aromatic carbocycles.